The number of anilines is 4. The molecule has 1 aliphatic heterocycles. The minimum Gasteiger partial charge on any atom is -0.399 e. The first-order valence-electron chi connectivity index (χ1n) is 15.9. The Hall–Kier alpha value is -3.47. The van der Waals surface area contributed by atoms with E-state index in [4.69, 9.17) is 32.4 Å². The van der Waals surface area contributed by atoms with E-state index in [0.29, 0.717) is 27.1 Å². The molecule has 0 atom stereocenters. The van der Waals surface area contributed by atoms with Crippen molar-refractivity contribution >= 4 is 72.1 Å². The molecule has 3 heterocycles. The van der Waals surface area contributed by atoms with E-state index in [1.54, 1.807) is 44.9 Å². The molecule has 1 fully saturated rings. The number of nitrogens with zero attached hydrogens (tertiary/aromatic N) is 6. The fraction of sp³-hybridized carbons (Fsp3) is 0.412. The van der Waals surface area contributed by atoms with E-state index < -0.39 is 21.4 Å². The van der Waals surface area contributed by atoms with Crippen LogP contribution in [0.5, 0.6) is 0 Å². The highest BCUT2D eigenvalue weighted by Gasteiger charge is 2.51. The third-order valence-electron chi connectivity index (χ3n) is 8.25. The van der Waals surface area contributed by atoms with Crippen molar-refractivity contribution in [3.8, 4) is 11.3 Å². The Balaban J connectivity index is 0.000000214. The molecule has 0 saturated carbocycles. The fourth-order valence-electron chi connectivity index (χ4n) is 4.59. The van der Waals surface area contributed by atoms with Crippen molar-refractivity contribution in [3.05, 3.63) is 65.8 Å². The smallest absolute Gasteiger partial charge is 0.399 e. The Labute approximate surface area is 302 Å². The zero-order valence-corrected chi connectivity index (χ0v) is 33.6. The van der Waals surface area contributed by atoms with Crippen LogP contribution in [0, 0.1) is 0 Å². The molecular weight excluding hydrogens is 693 g/mol. The molecule has 0 aliphatic carbocycles. The van der Waals surface area contributed by atoms with E-state index in [2.05, 4.69) is 20.4 Å². The van der Waals surface area contributed by atoms with E-state index in [0.717, 1.165) is 28.4 Å². The number of nitrogens with two attached hydrogens (primary N) is 2. The maximum absolute atomic E-state index is 12.3. The standard InChI is InChI=1S/C14H23BNO3P.C14H19N4OP.C6H8ClN3/c1-13(2)14(3,4)19-15(18-13)10-7-8-11(16)12(9-10)20(5,6)17;1-18(2)14-8-7-12(16-17-14)10-5-6-11(15)13(9-10)20(3,4)19;1-10(2)6-4-3-5(7)8-9-6/h7-9H,16H2,1-6H3;5-9H,15H2,1-4H3;3-4H,1-2H3. The highest BCUT2D eigenvalue weighted by atomic mass is 35.5. The molecular formula is C34H50BClN8O4P2. The van der Waals surface area contributed by atoms with E-state index >= 15 is 0 Å². The summed E-state index contributed by atoms with van der Waals surface area (Å²) in [5.41, 5.74) is 14.6. The van der Waals surface area contributed by atoms with Crippen LogP contribution >= 0.6 is 25.9 Å². The van der Waals surface area contributed by atoms with Gasteiger partial charge < -0.3 is 39.7 Å². The molecule has 270 valence electrons. The third-order valence-corrected chi connectivity index (χ3v) is 11.5. The summed E-state index contributed by atoms with van der Waals surface area (Å²) < 4.78 is 36.5. The van der Waals surface area contributed by atoms with Gasteiger partial charge in [0.2, 0.25) is 0 Å². The first-order chi connectivity index (χ1) is 22.9. The number of rotatable bonds is 6. The molecule has 5 rings (SSSR count). The zero-order chi connectivity index (χ0) is 37.8. The molecule has 0 bridgehead atoms. The van der Waals surface area contributed by atoms with Crippen molar-refractivity contribution in [2.24, 2.45) is 0 Å². The predicted molar refractivity (Wildman–Crippen MR) is 212 cm³/mol. The molecule has 0 unspecified atom stereocenters. The van der Waals surface area contributed by atoms with E-state index in [1.165, 1.54) is 0 Å². The van der Waals surface area contributed by atoms with Crippen molar-refractivity contribution in [1.82, 2.24) is 20.4 Å². The lowest BCUT2D eigenvalue weighted by molar-refractivity contribution is 0.00578. The van der Waals surface area contributed by atoms with Crippen LogP contribution in [0.4, 0.5) is 23.0 Å². The van der Waals surface area contributed by atoms with Crippen LogP contribution in [0.3, 0.4) is 0 Å². The first kappa shape index (κ1) is 41.0. The van der Waals surface area contributed by atoms with Gasteiger partial charge in [-0.15, -0.1) is 20.4 Å². The van der Waals surface area contributed by atoms with E-state index in [-0.39, 0.29) is 11.2 Å². The van der Waals surface area contributed by atoms with Crippen molar-refractivity contribution < 1.29 is 18.4 Å². The van der Waals surface area contributed by atoms with Crippen LogP contribution in [0.2, 0.25) is 5.15 Å². The number of hydrogen-bond acceptors (Lipinski definition) is 12. The molecule has 50 heavy (non-hydrogen) atoms. The van der Waals surface area contributed by atoms with Gasteiger partial charge in [0.15, 0.2) is 16.8 Å². The van der Waals surface area contributed by atoms with Crippen LogP contribution in [0.1, 0.15) is 27.7 Å². The highest BCUT2D eigenvalue weighted by Crippen LogP contribution is 2.39. The third kappa shape index (κ3) is 10.5. The Morgan fingerprint density at radius 2 is 1.12 bits per heavy atom. The molecule has 1 saturated heterocycles. The summed E-state index contributed by atoms with van der Waals surface area (Å²) in [7, 11) is 2.34. The SMILES string of the molecule is CC1(C)OB(c2ccc(N)c(P(C)(C)=O)c2)OC1(C)C.CN(C)c1ccc(-c2ccc(N)c(P(C)(C)=O)c2)nn1.CN(C)c1ccc(Cl)nn1. The van der Waals surface area contributed by atoms with Gasteiger partial charge in [-0.1, -0.05) is 23.7 Å². The number of hydrogen-bond donors (Lipinski definition) is 2. The Bertz CT molecular complexity index is 1850. The molecule has 2 aromatic carbocycles. The van der Waals surface area contributed by atoms with Crippen LogP contribution in [0.25, 0.3) is 11.3 Å². The Kier molecular flexibility index (Phi) is 13.0. The highest BCUT2D eigenvalue weighted by molar-refractivity contribution is 7.70. The molecule has 16 heteroatoms. The van der Waals surface area contributed by atoms with Crippen molar-refractivity contribution in [3.63, 3.8) is 0 Å². The lowest BCUT2D eigenvalue weighted by Crippen LogP contribution is -2.41. The number of halogens is 1. The number of benzene rings is 2. The summed E-state index contributed by atoms with van der Waals surface area (Å²) in [4.78, 5) is 3.75. The zero-order valence-electron chi connectivity index (χ0n) is 31.1. The summed E-state index contributed by atoms with van der Waals surface area (Å²) in [5, 5.41) is 17.6. The molecule has 0 spiro atoms. The predicted octanol–water partition coefficient (Wildman–Crippen LogP) is 5.05. The van der Waals surface area contributed by atoms with Gasteiger partial charge in [-0.05, 0) is 108 Å². The molecule has 0 amide bonds. The monoisotopic (exact) mass is 742 g/mol. The van der Waals surface area contributed by atoms with Gasteiger partial charge in [-0.2, -0.15) is 0 Å². The topological polar surface area (TPSA) is 163 Å². The first-order valence-corrected chi connectivity index (χ1v) is 21.4. The van der Waals surface area contributed by atoms with Crippen LogP contribution in [-0.4, -0.2) is 93.6 Å². The van der Waals surface area contributed by atoms with Crippen LogP contribution < -0.4 is 37.3 Å². The lowest BCUT2D eigenvalue weighted by Gasteiger charge is -2.32. The summed E-state index contributed by atoms with van der Waals surface area (Å²) in [5.74, 6) is 1.60. The lowest BCUT2D eigenvalue weighted by atomic mass is 9.79. The summed E-state index contributed by atoms with van der Waals surface area (Å²) >= 11 is 5.52. The van der Waals surface area contributed by atoms with Crippen LogP contribution in [0.15, 0.2) is 60.7 Å². The van der Waals surface area contributed by atoms with Crippen molar-refractivity contribution in [2.45, 2.75) is 38.9 Å². The number of nitrogen functional groups attached to an aromatic ring is 2. The van der Waals surface area contributed by atoms with Crippen LogP contribution in [-0.2, 0) is 18.4 Å². The van der Waals surface area contributed by atoms with Gasteiger partial charge in [0.25, 0.3) is 0 Å². The molecule has 4 aromatic rings. The maximum atomic E-state index is 12.3. The second kappa shape index (κ2) is 15.8. The normalized spacial score (nSPS) is 14.9. The van der Waals surface area contributed by atoms with E-state index in [1.807, 2.05) is 108 Å². The molecule has 12 nitrogen and oxygen atoms in total. The average molecular weight is 743 g/mol. The molecule has 0 radical (unpaired) electrons. The molecule has 4 N–H and O–H groups in total. The van der Waals surface area contributed by atoms with Crippen molar-refractivity contribution in [2.75, 3.05) is 76.1 Å². The fourth-order valence-corrected chi connectivity index (χ4v) is 6.99. The Morgan fingerprint density at radius 3 is 1.54 bits per heavy atom. The Morgan fingerprint density at radius 1 is 0.660 bits per heavy atom. The van der Waals surface area contributed by atoms with Gasteiger partial charge in [0.1, 0.15) is 14.3 Å². The largest absolute Gasteiger partial charge is 0.494 e. The summed E-state index contributed by atoms with van der Waals surface area (Å²) in [6.07, 6.45) is 0. The van der Waals surface area contributed by atoms with Gasteiger partial charge >= 0.3 is 7.12 Å². The number of aromatic nitrogens is 4. The second-order valence-corrected chi connectivity index (χ2v) is 20.9. The molecule has 2 aromatic heterocycles. The average Bonchev–Trinajstić information content (AvgIpc) is 3.23. The summed E-state index contributed by atoms with van der Waals surface area (Å²) in [6, 6.07) is 18.3. The minimum absolute atomic E-state index is 0.388. The summed E-state index contributed by atoms with van der Waals surface area (Å²) in [6.45, 7) is 14.9. The van der Waals surface area contributed by atoms with Crippen molar-refractivity contribution in [1.29, 1.82) is 0 Å². The van der Waals surface area contributed by atoms with Gasteiger partial charge in [0.05, 0.1) is 16.9 Å². The van der Waals surface area contributed by atoms with Gasteiger partial charge in [0, 0.05) is 55.7 Å². The van der Waals surface area contributed by atoms with Gasteiger partial charge in [-0.25, -0.2) is 0 Å². The minimum atomic E-state index is -2.42. The van der Waals surface area contributed by atoms with E-state index in [9.17, 15) is 9.13 Å². The maximum Gasteiger partial charge on any atom is 0.494 e. The van der Waals surface area contributed by atoms with Gasteiger partial charge in [-0.3, -0.25) is 0 Å². The molecule has 1 aliphatic rings. The second-order valence-electron chi connectivity index (χ2n) is 14.2. The quantitative estimate of drug-likeness (QED) is 0.154.